The third-order valence-corrected chi connectivity index (χ3v) is 4.45. The van der Waals surface area contributed by atoms with Gasteiger partial charge in [-0.1, -0.05) is 24.3 Å². The SMILES string of the molecule is COCc1ccc(-c2cc(NCCc3ccnc4c3OCCO4)ncn2)cc1. The summed E-state index contributed by atoms with van der Waals surface area (Å²) in [5, 5.41) is 3.35. The molecule has 1 aliphatic rings. The fraction of sp³-hybridized carbons (Fsp3) is 0.286. The summed E-state index contributed by atoms with van der Waals surface area (Å²) in [6.07, 6.45) is 4.10. The van der Waals surface area contributed by atoms with Crippen molar-refractivity contribution in [1.29, 1.82) is 0 Å². The van der Waals surface area contributed by atoms with Gasteiger partial charge in [0.05, 0.1) is 12.3 Å². The molecule has 3 aromatic rings. The summed E-state index contributed by atoms with van der Waals surface area (Å²) >= 11 is 0. The van der Waals surface area contributed by atoms with Crippen LogP contribution in [0.3, 0.4) is 0 Å². The number of rotatable bonds is 7. The Kier molecular flexibility index (Phi) is 5.63. The molecule has 0 aliphatic carbocycles. The minimum absolute atomic E-state index is 0.540. The number of hydrogen-bond acceptors (Lipinski definition) is 7. The third-order valence-electron chi connectivity index (χ3n) is 4.45. The zero-order valence-electron chi connectivity index (χ0n) is 15.7. The van der Waals surface area contributed by atoms with Crippen molar-refractivity contribution in [2.24, 2.45) is 0 Å². The molecule has 1 aromatic carbocycles. The third kappa shape index (κ3) is 4.20. The fourth-order valence-corrected chi connectivity index (χ4v) is 3.08. The average Bonchev–Trinajstić information content (AvgIpc) is 2.75. The lowest BCUT2D eigenvalue weighted by atomic mass is 10.1. The van der Waals surface area contributed by atoms with Crippen molar-refractivity contribution in [2.45, 2.75) is 13.0 Å². The van der Waals surface area contributed by atoms with Crippen LogP contribution in [0.5, 0.6) is 11.6 Å². The van der Waals surface area contributed by atoms with Gasteiger partial charge in [0.25, 0.3) is 5.88 Å². The number of pyridine rings is 1. The maximum atomic E-state index is 5.71. The van der Waals surface area contributed by atoms with E-state index in [2.05, 4.69) is 20.3 Å². The first-order chi connectivity index (χ1) is 13.8. The first-order valence-corrected chi connectivity index (χ1v) is 9.21. The van der Waals surface area contributed by atoms with Crippen LogP contribution in [0.25, 0.3) is 11.3 Å². The first kappa shape index (κ1) is 18.2. The van der Waals surface area contributed by atoms with Crippen LogP contribution in [-0.2, 0) is 17.8 Å². The second-order valence-electron chi connectivity index (χ2n) is 6.40. The molecule has 7 nitrogen and oxygen atoms in total. The van der Waals surface area contributed by atoms with Gasteiger partial charge in [0.2, 0.25) is 0 Å². The van der Waals surface area contributed by atoms with Crippen LogP contribution < -0.4 is 14.8 Å². The Labute approximate surface area is 163 Å². The van der Waals surface area contributed by atoms with Crippen molar-refractivity contribution < 1.29 is 14.2 Å². The molecule has 0 atom stereocenters. The first-order valence-electron chi connectivity index (χ1n) is 9.21. The van der Waals surface area contributed by atoms with E-state index in [-0.39, 0.29) is 0 Å². The van der Waals surface area contributed by atoms with Gasteiger partial charge in [-0.25, -0.2) is 15.0 Å². The Morgan fingerprint density at radius 2 is 1.89 bits per heavy atom. The number of fused-ring (bicyclic) bond motifs is 1. The number of hydrogen-bond donors (Lipinski definition) is 1. The number of ether oxygens (including phenoxy) is 3. The molecular weight excluding hydrogens is 356 g/mol. The summed E-state index contributed by atoms with van der Waals surface area (Å²) in [5.74, 6) is 2.10. The predicted octanol–water partition coefficient (Wildman–Crippen LogP) is 3.11. The second kappa shape index (κ2) is 8.67. The lowest BCUT2D eigenvalue weighted by Crippen LogP contribution is -2.18. The van der Waals surface area contributed by atoms with Crippen molar-refractivity contribution in [2.75, 3.05) is 32.2 Å². The van der Waals surface area contributed by atoms with Gasteiger partial charge >= 0.3 is 0 Å². The van der Waals surface area contributed by atoms with Gasteiger partial charge in [0, 0.05) is 37.0 Å². The number of anilines is 1. The van der Waals surface area contributed by atoms with Crippen molar-refractivity contribution >= 4 is 5.82 Å². The Balaban J connectivity index is 1.40. The highest BCUT2D eigenvalue weighted by atomic mass is 16.6. The van der Waals surface area contributed by atoms with E-state index in [9.17, 15) is 0 Å². The van der Waals surface area contributed by atoms with E-state index in [0.29, 0.717) is 32.2 Å². The molecule has 0 bridgehead atoms. The van der Waals surface area contributed by atoms with Crippen LogP contribution in [0, 0.1) is 0 Å². The maximum absolute atomic E-state index is 5.71. The Bertz CT molecular complexity index is 931. The number of aromatic nitrogens is 3. The van der Waals surface area contributed by atoms with E-state index in [4.69, 9.17) is 14.2 Å². The van der Waals surface area contributed by atoms with E-state index in [1.807, 2.05) is 36.4 Å². The van der Waals surface area contributed by atoms with Crippen LogP contribution in [0.2, 0.25) is 0 Å². The standard InChI is InChI=1S/C21H22N4O3/c1-26-13-15-2-4-16(5-3-15)18-12-19(25-14-24-18)22-8-6-17-7-9-23-21-20(17)27-10-11-28-21/h2-5,7,9,12,14H,6,8,10-11,13H2,1H3,(H,22,24,25). The van der Waals surface area contributed by atoms with Gasteiger partial charge in [-0.15, -0.1) is 0 Å². The number of nitrogens with zero attached hydrogens (tertiary/aromatic N) is 3. The molecule has 2 aromatic heterocycles. The van der Waals surface area contributed by atoms with E-state index < -0.39 is 0 Å². The molecule has 0 amide bonds. The maximum Gasteiger partial charge on any atom is 0.257 e. The molecule has 28 heavy (non-hydrogen) atoms. The highest BCUT2D eigenvalue weighted by Gasteiger charge is 2.16. The van der Waals surface area contributed by atoms with Gasteiger partial charge in [0.15, 0.2) is 5.75 Å². The Morgan fingerprint density at radius 3 is 2.75 bits per heavy atom. The summed E-state index contributed by atoms with van der Waals surface area (Å²) < 4.78 is 16.4. The van der Waals surface area contributed by atoms with Crippen molar-refractivity contribution in [3.8, 4) is 22.9 Å². The lowest BCUT2D eigenvalue weighted by molar-refractivity contribution is 0.163. The highest BCUT2D eigenvalue weighted by molar-refractivity contribution is 5.62. The molecule has 7 heteroatoms. The number of methoxy groups -OCH3 is 1. The summed E-state index contributed by atoms with van der Waals surface area (Å²) in [6.45, 7) is 2.41. The second-order valence-corrected chi connectivity index (χ2v) is 6.40. The topological polar surface area (TPSA) is 78.4 Å². The Hall–Kier alpha value is -3.19. The largest absolute Gasteiger partial charge is 0.484 e. The minimum atomic E-state index is 0.540. The smallest absolute Gasteiger partial charge is 0.257 e. The Morgan fingerprint density at radius 1 is 1.04 bits per heavy atom. The van der Waals surface area contributed by atoms with Crippen molar-refractivity contribution in [3.05, 3.63) is 60.0 Å². The summed E-state index contributed by atoms with van der Waals surface area (Å²) in [6, 6.07) is 12.1. The van der Waals surface area contributed by atoms with E-state index in [0.717, 1.165) is 40.4 Å². The van der Waals surface area contributed by atoms with Gasteiger partial charge in [-0.3, -0.25) is 0 Å². The molecular formula is C21H22N4O3. The van der Waals surface area contributed by atoms with Crippen molar-refractivity contribution in [3.63, 3.8) is 0 Å². The molecule has 0 radical (unpaired) electrons. The molecule has 1 N–H and O–H groups in total. The average molecular weight is 378 g/mol. The molecule has 0 saturated heterocycles. The lowest BCUT2D eigenvalue weighted by Gasteiger charge is -2.19. The minimum Gasteiger partial charge on any atom is -0.484 e. The van der Waals surface area contributed by atoms with Gasteiger partial charge in [-0.05, 0) is 18.1 Å². The van der Waals surface area contributed by atoms with E-state index >= 15 is 0 Å². The van der Waals surface area contributed by atoms with Crippen LogP contribution >= 0.6 is 0 Å². The highest BCUT2D eigenvalue weighted by Crippen LogP contribution is 2.31. The van der Waals surface area contributed by atoms with Crippen LogP contribution in [0.1, 0.15) is 11.1 Å². The van der Waals surface area contributed by atoms with Crippen LogP contribution in [-0.4, -0.2) is 41.8 Å². The molecule has 4 rings (SSSR count). The molecule has 0 spiro atoms. The van der Waals surface area contributed by atoms with Crippen molar-refractivity contribution in [1.82, 2.24) is 15.0 Å². The zero-order chi connectivity index (χ0) is 19.2. The number of benzene rings is 1. The fourth-order valence-electron chi connectivity index (χ4n) is 3.08. The number of nitrogens with one attached hydrogen (secondary N) is 1. The summed E-state index contributed by atoms with van der Waals surface area (Å²) in [5.41, 5.74) is 4.12. The van der Waals surface area contributed by atoms with Gasteiger partial charge in [0.1, 0.15) is 25.4 Å². The summed E-state index contributed by atoms with van der Waals surface area (Å²) in [7, 11) is 1.69. The van der Waals surface area contributed by atoms with E-state index in [1.54, 1.807) is 19.6 Å². The molecule has 144 valence electrons. The molecule has 3 heterocycles. The quantitative estimate of drug-likeness (QED) is 0.677. The van der Waals surface area contributed by atoms with E-state index in [1.165, 1.54) is 0 Å². The predicted molar refractivity (Wildman–Crippen MR) is 106 cm³/mol. The van der Waals surface area contributed by atoms with Crippen LogP contribution in [0.15, 0.2) is 48.9 Å². The molecule has 0 unspecified atom stereocenters. The normalized spacial score (nSPS) is 12.6. The van der Waals surface area contributed by atoms with Crippen LogP contribution in [0.4, 0.5) is 5.82 Å². The van der Waals surface area contributed by atoms with Gasteiger partial charge in [-0.2, -0.15) is 0 Å². The molecule has 1 aliphatic heterocycles. The van der Waals surface area contributed by atoms with Gasteiger partial charge < -0.3 is 19.5 Å². The molecule has 0 fully saturated rings. The summed E-state index contributed by atoms with van der Waals surface area (Å²) in [4.78, 5) is 12.9. The molecule has 0 saturated carbocycles. The monoisotopic (exact) mass is 378 g/mol. The zero-order valence-corrected chi connectivity index (χ0v) is 15.7.